The summed E-state index contributed by atoms with van der Waals surface area (Å²) in [5, 5.41) is 9.47. The zero-order chi connectivity index (χ0) is 14.0. The summed E-state index contributed by atoms with van der Waals surface area (Å²) >= 11 is 3.29. The molecule has 1 fully saturated rings. The van der Waals surface area contributed by atoms with Crippen molar-refractivity contribution in [2.75, 3.05) is 6.54 Å². The number of aliphatic hydroxyl groups excluding tert-OH is 1. The molecule has 2 rings (SSSR count). The second kappa shape index (κ2) is 6.01. The summed E-state index contributed by atoms with van der Waals surface area (Å²) in [5.41, 5.74) is 0.345. The van der Waals surface area contributed by atoms with Crippen molar-refractivity contribution in [3.8, 4) is 0 Å². The Labute approximate surface area is 120 Å². The van der Waals surface area contributed by atoms with Gasteiger partial charge in [0.1, 0.15) is 5.82 Å². The van der Waals surface area contributed by atoms with Gasteiger partial charge in [-0.3, -0.25) is 4.79 Å². The molecule has 0 spiro atoms. The van der Waals surface area contributed by atoms with Crippen molar-refractivity contribution in [1.82, 2.24) is 4.90 Å². The highest BCUT2D eigenvalue weighted by atomic mass is 79.9. The van der Waals surface area contributed by atoms with Crippen molar-refractivity contribution < 1.29 is 14.3 Å². The molecule has 0 radical (unpaired) electrons. The number of rotatable bonds is 3. The predicted octanol–water partition coefficient (Wildman–Crippen LogP) is 2.96. The van der Waals surface area contributed by atoms with E-state index in [0.29, 0.717) is 23.0 Å². The molecule has 5 heteroatoms. The van der Waals surface area contributed by atoms with Crippen LogP contribution in [0, 0.1) is 5.82 Å². The number of halogens is 2. The van der Waals surface area contributed by atoms with E-state index in [1.165, 1.54) is 12.1 Å². The van der Waals surface area contributed by atoms with Crippen molar-refractivity contribution in [2.24, 2.45) is 0 Å². The lowest BCUT2D eigenvalue weighted by Crippen LogP contribution is -2.37. The van der Waals surface area contributed by atoms with Crippen LogP contribution in [0.25, 0.3) is 0 Å². The first kappa shape index (κ1) is 14.5. The normalized spacial score (nSPS) is 20.6. The van der Waals surface area contributed by atoms with E-state index in [4.69, 9.17) is 0 Å². The van der Waals surface area contributed by atoms with Crippen molar-refractivity contribution in [2.45, 2.75) is 38.3 Å². The fourth-order valence-electron chi connectivity index (χ4n) is 2.56. The molecule has 104 valence electrons. The van der Waals surface area contributed by atoms with E-state index in [-0.39, 0.29) is 11.9 Å². The number of likely N-dealkylation sites (tertiary alicyclic amines) is 1. The topological polar surface area (TPSA) is 40.5 Å². The minimum Gasteiger partial charge on any atom is -0.393 e. The molecule has 0 aromatic heterocycles. The van der Waals surface area contributed by atoms with Gasteiger partial charge in [-0.25, -0.2) is 4.39 Å². The third-order valence-corrected chi connectivity index (χ3v) is 4.10. The van der Waals surface area contributed by atoms with Gasteiger partial charge in [0, 0.05) is 17.1 Å². The van der Waals surface area contributed by atoms with Crippen molar-refractivity contribution in [3.63, 3.8) is 0 Å². The van der Waals surface area contributed by atoms with Crippen molar-refractivity contribution in [3.05, 3.63) is 34.1 Å². The summed E-state index contributed by atoms with van der Waals surface area (Å²) < 4.78 is 13.9. The molecule has 0 aliphatic carbocycles. The molecule has 1 amide bonds. The Morgan fingerprint density at radius 3 is 3.05 bits per heavy atom. The van der Waals surface area contributed by atoms with Gasteiger partial charge in [-0.05, 0) is 60.3 Å². The number of carbonyl (C=O) groups excluding carboxylic acids is 1. The maximum Gasteiger partial charge on any atom is 0.255 e. The van der Waals surface area contributed by atoms with Gasteiger partial charge in [0.2, 0.25) is 0 Å². The lowest BCUT2D eigenvalue weighted by atomic mass is 10.1. The summed E-state index contributed by atoms with van der Waals surface area (Å²) in [5.74, 6) is -0.590. The number of hydrogen-bond donors (Lipinski definition) is 1. The number of aliphatic hydroxyl groups is 1. The van der Waals surface area contributed by atoms with Crippen LogP contribution in [0.5, 0.6) is 0 Å². The van der Waals surface area contributed by atoms with Crippen LogP contribution in [0.1, 0.15) is 36.5 Å². The molecule has 1 aromatic carbocycles. The Morgan fingerprint density at radius 2 is 2.37 bits per heavy atom. The number of amides is 1. The first-order chi connectivity index (χ1) is 8.99. The smallest absolute Gasteiger partial charge is 0.255 e. The lowest BCUT2D eigenvalue weighted by Gasteiger charge is -2.26. The fourth-order valence-corrected chi connectivity index (χ4v) is 2.97. The fraction of sp³-hybridized carbons (Fsp3) is 0.500. The highest BCUT2D eigenvalue weighted by Crippen LogP contribution is 2.26. The second-order valence-corrected chi connectivity index (χ2v) is 5.86. The monoisotopic (exact) mass is 329 g/mol. The molecular weight excluding hydrogens is 313 g/mol. The number of carbonyl (C=O) groups is 1. The van der Waals surface area contributed by atoms with E-state index in [1.807, 2.05) is 0 Å². The Bertz CT molecular complexity index is 479. The van der Waals surface area contributed by atoms with E-state index in [0.717, 1.165) is 12.8 Å². The lowest BCUT2D eigenvalue weighted by molar-refractivity contribution is 0.0680. The van der Waals surface area contributed by atoms with E-state index in [9.17, 15) is 14.3 Å². The summed E-state index contributed by atoms with van der Waals surface area (Å²) in [4.78, 5) is 14.2. The standard InChI is InChI=1S/C14H17BrFNO2/c1-9(18)7-11-3-2-6-17(11)14(19)12-8-10(16)4-5-13(12)15/h4-5,8-9,11,18H,2-3,6-7H2,1H3. The van der Waals surface area contributed by atoms with Crippen LogP contribution in [0.4, 0.5) is 4.39 Å². The van der Waals surface area contributed by atoms with Crippen molar-refractivity contribution in [1.29, 1.82) is 0 Å². The van der Waals surface area contributed by atoms with Gasteiger partial charge in [-0.1, -0.05) is 0 Å². The average Bonchev–Trinajstić information content (AvgIpc) is 2.78. The third kappa shape index (κ3) is 3.34. The van der Waals surface area contributed by atoms with Crippen LogP contribution < -0.4 is 0 Å². The Balaban J connectivity index is 2.20. The summed E-state index contributed by atoms with van der Waals surface area (Å²) in [7, 11) is 0. The summed E-state index contributed by atoms with van der Waals surface area (Å²) in [6, 6.07) is 4.16. The zero-order valence-corrected chi connectivity index (χ0v) is 12.4. The molecule has 3 nitrogen and oxygen atoms in total. The van der Waals surface area contributed by atoms with Gasteiger partial charge in [-0.15, -0.1) is 0 Å². The first-order valence-electron chi connectivity index (χ1n) is 6.43. The molecule has 2 unspecified atom stereocenters. The van der Waals surface area contributed by atoms with Gasteiger partial charge in [0.15, 0.2) is 0 Å². The van der Waals surface area contributed by atoms with Gasteiger partial charge in [0.25, 0.3) is 5.91 Å². The summed E-state index contributed by atoms with van der Waals surface area (Å²) in [6.07, 6.45) is 1.95. The number of benzene rings is 1. The molecule has 19 heavy (non-hydrogen) atoms. The molecule has 2 atom stereocenters. The molecule has 0 bridgehead atoms. The maximum absolute atomic E-state index is 13.3. The Hall–Kier alpha value is -0.940. The quantitative estimate of drug-likeness (QED) is 0.926. The van der Waals surface area contributed by atoms with E-state index < -0.39 is 11.9 Å². The van der Waals surface area contributed by atoms with Crippen molar-refractivity contribution >= 4 is 21.8 Å². The third-order valence-electron chi connectivity index (χ3n) is 3.41. The van der Waals surface area contributed by atoms with Crippen LogP contribution in [0.2, 0.25) is 0 Å². The molecule has 1 aromatic rings. The SMILES string of the molecule is CC(O)CC1CCCN1C(=O)c1cc(F)ccc1Br. The van der Waals surface area contributed by atoms with Crippen LogP contribution in [0.15, 0.2) is 22.7 Å². The molecule has 1 N–H and O–H groups in total. The van der Waals surface area contributed by atoms with Gasteiger partial charge >= 0.3 is 0 Å². The average molecular weight is 330 g/mol. The van der Waals surface area contributed by atoms with E-state index in [1.54, 1.807) is 17.9 Å². The Morgan fingerprint density at radius 1 is 1.63 bits per heavy atom. The van der Waals surface area contributed by atoms with Gasteiger partial charge in [0.05, 0.1) is 11.7 Å². The predicted molar refractivity (Wildman–Crippen MR) is 74.5 cm³/mol. The Kier molecular flexibility index (Phi) is 4.58. The molecule has 0 saturated carbocycles. The largest absolute Gasteiger partial charge is 0.393 e. The van der Waals surface area contributed by atoms with Crippen LogP contribution >= 0.6 is 15.9 Å². The molecule has 1 aliphatic heterocycles. The second-order valence-electron chi connectivity index (χ2n) is 5.00. The molecular formula is C14H17BrFNO2. The highest BCUT2D eigenvalue weighted by Gasteiger charge is 2.31. The number of nitrogens with zero attached hydrogens (tertiary/aromatic N) is 1. The minimum atomic E-state index is -0.436. The van der Waals surface area contributed by atoms with Crippen LogP contribution in [-0.2, 0) is 0 Å². The molecule has 1 saturated heterocycles. The van der Waals surface area contributed by atoms with E-state index in [2.05, 4.69) is 15.9 Å². The van der Waals surface area contributed by atoms with Crippen LogP contribution in [0.3, 0.4) is 0 Å². The summed E-state index contributed by atoms with van der Waals surface area (Å²) in [6.45, 7) is 2.39. The maximum atomic E-state index is 13.3. The van der Waals surface area contributed by atoms with E-state index >= 15 is 0 Å². The first-order valence-corrected chi connectivity index (χ1v) is 7.22. The molecule has 1 heterocycles. The van der Waals surface area contributed by atoms with Gasteiger partial charge in [-0.2, -0.15) is 0 Å². The van der Waals surface area contributed by atoms with Crippen LogP contribution in [-0.4, -0.2) is 34.6 Å². The van der Waals surface area contributed by atoms with Gasteiger partial charge < -0.3 is 10.0 Å². The zero-order valence-electron chi connectivity index (χ0n) is 10.8. The highest BCUT2D eigenvalue weighted by molar-refractivity contribution is 9.10. The molecule has 1 aliphatic rings. The number of hydrogen-bond acceptors (Lipinski definition) is 2. The minimum absolute atomic E-state index is 0.0441.